The van der Waals surface area contributed by atoms with Crippen LogP contribution in [0.5, 0.6) is 0 Å². The highest BCUT2D eigenvalue weighted by molar-refractivity contribution is 5.60. The maximum Gasteiger partial charge on any atom is 0.528 e. The molecule has 5 nitrogen and oxygen atoms in total. The Morgan fingerprint density at radius 1 is 1.25 bits per heavy atom. The van der Waals surface area contributed by atoms with Crippen LogP contribution in [0.2, 0.25) is 0 Å². The topological polar surface area (TPSA) is 50.8 Å². The van der Waals surface area contributed by atoms with E-state index in [1.165, 1.54) is 0 Å². The van der Waals surface area contributed by atoms with Gasteiger partial charge in [-0.05, 0) is 45.7 Å². The van der Waals surface area contributed by atoms with Crippen molar-refractivity contribution in [3.63, 3.8) is 0 Å². The minimum atomic E-state index is -0.597. The lowest BCUT2D eigenvalue weighted by Crippen LogP contribution is -2.32. The highest BCUT2D eigenvalue weighted by Gasteiger charge is 2.38. The molecule has 0 radical (unpaired) electrons. The van der Waals surface area contributed by atoms with E-state index in [4.69, 9.17) is 9.57 Å². The molecule has 0 aliphatic carbocycles. The lowest BCUT2D eigenvalue weighted by atomic mass is 10.0. The third-order valence-electron chi connectivity index (χ3n) is 2.95. The fourth-order valence-corrected chi connectivity index (χ4v) is 2.26. The van der Waals surface area contributed by atoms with Crippen LogP contribution >= 0.6 is 0 Å². The average Bonchev–Trinajstić information content (AvgIpc) is 2.58. The molecular formula is C11H20N2O3. The predicted molar refractivity (Wildman–Crippen MR) is 58.7 cm³/mol. The Hall–Kier alpha value is -0.810. The number of nitrogens with one attached hydrogen (secondary N) is 1. The minimum Gasteiger partial charge on any atom is -0.427 e. The van der Waals surface area contributed by atoms with E-state index in [-0.39, 0.29) is 0 Å². The molecule has 2 heterocycles. The van der Waals surface area contributed by atoms with Gasteiger partial charge >= 0.3 is 6.16 Å². The zero-order chi connectivity index (χ0) is 11.8. The van der Waals surface area contributed by atoms with E-state index in [0.29, 0.717) is 11.8 Å². The zero-order valence-electron chi connectivity index (χ0n) is 10.2. The summed E-state index contributed by atoms with van der Waals surface area (Å²) in [6.45, 7) is 9.18. The summed E-state index contributed by atoms with van der Waals surface area (Å²) >= 11 is 0. The number of ether oxygens (including phenoxy) is 1. The summed E-state index contributed by atoms with van der Waals surface area (Å²) in [6, 6.07) is 0. The van der Waals surface area contributed by atoms with E-state index in [1.54, 1.807) is 5.06 Å². The molecule has 2 saturated heterocycles. The Morgan fingerprint density at radius 2 is 1.81 bits per heavy atom. The molecule has 5 heteroatoms. The van der Waals surface area contributed by atoms with Gasteiger partial charge in [0.1, 0.15) is 5.60 Å². The monoisotopic (exact) mass is 228 g/mol. The van der Waals surface area contributed by atoms with Gasteiger partial charge in [-0.15, -0.1) is 5.06 Å². The number of fused-ring (bicyclic) bond motifs is 1. The molecule has 92 valence electrons. The van der Waals surface area contributed by atoms with Crippen molar-refractivity contribution in [1.29, 1.82) is 0 Å². The Labute approximate surface area is 96.0 Å². The molecule has 0 amide bonds. The number of carbonyl (C=O) groups is 1. The van der Waals surface area contributed by atoms with E-state index in [0.717, 1.165) is 26.2 Å². The second kappa shape index (κ2) is 4.22. The molecule has 0 aromatic carbocycles. The van der Waals surface area contributed by atoms with Gasteiger partial charge in [0.15, 0.2) is 0 Å². The molecule has 16 heavy (non-hydrogen) atoms. The number of hydrogen-bond donors (Lipinski definition) is 1. The van der Waals surface area contributed by atoms with Crippen LogP contribution < -0.4 is 5.32 Å². The number of nitrogens with zero attached hydrogens (tertiary/aromatic N) is 1. The summed E-state index contributed by atoms with van der Waals surface area (Å²) in [5, 5.41) is 5.06. The normalized spacial score (nSPS) is 30.2. The summed E-state index contributed by atoms with van der Waals surface area (Å²) < 4.78 is 5.10. The summed E-state index contributed by atoms with van der Waals surface area (Å²) in [7, 11) is 0. The molecule has 0 saturated carbocycles. The van der Waals surface area contributed by atoms with Crippen molar-refractivity contribution in [3.8, 4) is 0 Å². The molecule has 2 aliphatic heterocycles. The van der Waals surface area contributed by atoms with Gasteiger partial charge in [0.25, 0.3) is 0 Å². The molecule has 0 aromatic heterocycles. The lowest BCUT2D eigenvalue weighted by molar-refractivity contribution is -0.133. The minimum absolute atomic E-state index is 0.492. The molecule has 0 unspecified atom stereocenters. The Morgan fingerprint density at radius 3 is 2.31 bits per heavy atom. The first kappa shape index (κ1) is 11.7. The van der Waals surface area contributed by atoms with Gasteiger partial charge in [-0.1, -0.05) is 0 Å². The van der Waals surface area contributed by atoms with Crippen molar-refractivity contribution in [2.75, 3.05) is 26.2 Å². The fourth-order valence-electron chi connectivity index (χ4n) is 2.26. The van der Waals surface area contributed by atoms with E-state index in [1.807, 2.05) is 20.8 Å². The number of hydrogen-bond acceptors (Lipinski definition) is 5. The molecule has 0 aromatic rings. The highest BCUT2D eigenvalue weighted by Crippen LogP contribution is 2.26. The second-order valence-corrected chi connectivity index (χ2v) is 5.58. The van der Waals surface area contributed by atoms with E-state index in [9.17, 15) is 4.79 Å². The van der Waals surface area contributed by atoms with Crippen LogP contribution in [-0.4, -0.2) is 43.0 Å². The molecule has 2 atom stereocenters. The van der Waals surface area contributed by atoms with Gasteiger partial charge in [-0.25, -0.2) is 4.79 Å². The maximum atomic E-state index is 11.4. The number of carbonyl (C=O) groups excluding carboxylic acids is 1. The quantitative estimate of drug-likeness (QED) is 0.679. The van der Waals surface area contributed by atoms with Crippen molar-refractivity contribution in [2.45, 2.75) is 26.4 Å². The van der Waals surface area contributed by atoms with Gasteiger partial charge in [-0.3, -0.25) is 0 Å². The Kier molecular flexibility index (Phi) is 3.08. The van der Waals surface area contributed by atoms with Gasteiger partial charge in [0.05, 0.1) is 0 Å². The molecule has 2 fully saturated rings. The summed E-state index contributed by atoms with van der Waals surface area (Å²) in [6.07, 6.45) is -0.597. The molecule has 2 rings (SSSR count). The van der Waals surface area contributed by atoms with E-state index in [2.05, 4.69) is 5.32 Å². The molecular weight excluding hydrogens is 208 g/mol. The largest absolute Gasteiger partial charge is 0.528 e. The zero-order valence-corrected chi connectivity index (χ0v) is 10.2. The SMILES string of the molecule is CC(C)(C)OC(=O)ON1C[C@H]2CNC[C@H]2C1. The van der Waals surface area contributed by atoms with Crippen molar-refractivity contribution in [1.82, 2.24) is 10.4 Å². The maximum absolute atomic E-state index is 11.4. The molecule has 0 spiro atoms. The standard InChI is InChI=1S/C11H20N2O3/c1-11(2,3)15-10(14)16-13-6-8-4-12-5-9(8)7-13/h8-9,12H,4-7H2,1-3H3/t8-,9+. The van der Waals surface area contributed by atoms with Crippen LogP contribution in [-0.2, 0) is 9.57 Å². The Bertz CT molecular complexity index is 263. The van der Waals surface area contributed by atoms with Crippen LogP contribution in [0.4, 0.5) is 4.79 Å². The summed E-state index contributed by atoms with van der Waals surface area (Å²) in [5.41, 5.74) is -0.492. The first-order valence-electron chi connectivity index (χ1n) is 5.80. The van der Waals surface area contributed by atoms with Crippen molar-refractivity contribution in [3.05, 3.63) is 0 Å². The lowest BCUT2D eigenvalue weighted by Gasteiger charge is -2.22. The van der Waals surface area contributed by atoms with Crippen LogP contribution in [0.1, 0.15) is 20.8 Å². The van der Waals surface area contributed by atoms with E-state index >= 15 is 0 Å². The third kappa shape index (κ3) is 2.86. The van der Waals surface area contributed by atoms with Crippen LogP contribution in [0.3, 0.4) is 0 Å². The average molecular weight is 228 g/mol. The number of hydroxylamine groups is 2. The first-order valence-corrected chi connectivity index (χ1v) is 5.80. The Balaban J connectivity index is 1.77. The van der Waals surface area contributed by atoms with Crippen molar-refractivity contribution < 1.29 is 14.4 Å². The van der Waals surface area contributed by atoms with Crippen LogP contribution in [0, 0.1) is 11.8 Å². The van der Waals surface area contributed by atoms with Gasteiger partial charge < -0.3 is 14.9 Å². The van der Waals surface area contributed by atoms with Gasteiger partial charge in [0.2, 0.25) is 0 Å². The third-order valence-corrected chi connectivity index (χ3v) is 2.95. The predicted octanol–water partition coefficient (Wildman–Crippen LogP) is 1.00. The molecule has 1 N–H and O–H groups in total. The van der Waals surface area contributed by atoms with Gasteiger partial charge in [0, 0.05) is 13.1 Å². The highest BCUT2D eigenvalue weighted by atomic mass is 16.8. The van der Waals surface area contributed by atoms with Gasteiger partial charge in [-0.2, -0.15) is 0 Å². The smallest absolute Gasteiger partial charge is 0.427 e. The second-order valence-electron chi connectivity index (χ2n) is 5.58. The van der Waals surface area contributed by atoms with Crippen LogP contribution in [0.25, 0.3) is 0 Å². The summed E-state index contributed by atoms with van der Waals surface area (Å²) in [5.74, 6) is 1.23. The molecule has 2 aliphatic rings. The fraction of sp³-hybridized carbons (Fsp3) is 0.909. The van der Waals surface area contributed by atoms with Crippen molar-refractivity contribution in [2.24, 2.45) is 11.8 Å². The van der Waals surface area contributed by atoms with E-state index < -0.39 is 11.8 Å². The number of rotatable bonds is 1. The summed E-state index contributed by atoms with van der Waals surface area (Å²) in [4.78, 5) is 16.6. The first-order chi connectivity index (χ1) is 7.44. The van der Waals surface area contributed by atoms with Crippen LogP contribution in [0.15, 0.2) is 0 Å². The van der Waals surface area contributed by atoms with Crippen molar-refractivity contribution >= 4 is 6.16 Å². The molecule has 0 bridgehead atoms.